The Morgan fingerprint density at radius 1 is 1.04 bits per heavy atom. The standard InChI is InChI=1S/C24H27NO2/c1-17(14-23(26)27)13-19-7-10-22-20(15-19)11-12-25(22)16-18-5-8-21(9-6-18)24(2,3)4/h5-12,14-15H,13,16H2,1-4H3,(H,26,27). The van der Waals surface area contributed by atoms with Crippen molar-refractivity contribution >= 4 is 16.9 Å². The largest absolute Gasteiger partial charge is 0.478 e. The average molecular weight is 361 g/mol. The fraction of sp³-hybridized carbons (Fsp3) is 0.292. The number of nitrogens with zero attached hydrogens (tertiary/aromatic N) is 1. The van der Waals surface area contributed by atoms with E-state index in [9.17, 15) is 4.79 Å². The van der Waals surface area contributed by atoms with Gasteiger partial charge in [-0.05, 0) is 59.0 Å². The third-order valence-electron chi connectivity index (χ3n) is 4.86. The van der Waals surface area contributed by atoms with Crippen molar-refractivity contribution in [2.45, 2.75) is 46.1 Å². The van der Waals surface area contributed by atoms with Crippen molar-refractivity contribution in [1.29, 1.82) is 0 Å². The van der Waals surface area contributed by atoms with E-state index < -0.39 is 5.97 Å². The van der Waals surface area contributed by atoms with Crippen molar-refractivity contribution in [3.63, 3.8) is 0 Å². The Morgan fingerprint density at radius 2 is 1.70 bits per heavy atom. The van der Waals surface area contributed by atoms with Gasteiger partial charge in [0.1, 0.15) is 0 Å². The lowest BCUT2D eigenvalue weighted by Crippen LogP contribution is -2.10. The van der Waals surface area contributed by atoms with Crippen LogP contribution in [0.15, 0.2) is 66.4 Å². The van der Waals surface area contributed by atoms with E-state index in [1.165, 1.54) is 28.1 Å². The van der Waals surface area contributed by atoms with Gasteiger partial charge in [-0.15, -0.1) is 0 Å². The van der Waals surface area contributed by atoms with Gasteiger partial charge in [0.15, 0.2) is 0 Å². The molecule has 0 saturated carbocycles. The Bertz CT molecular complexity index is 985. The molecule has 3 heteroatoms. The molecule has 3 aromatic rings. The molecule has 1 N–H and O–H groups in total. The Kier molecular flexibility index (Phi) is 5.22. The maximum absolute atomic E-state index is 10.8. The molecule has 2 aromatic carbocycles. The molecular formula is C24H27NO2. The maximum Gasteiger partial charge on any atom is 0.328 e. The van der Waals surface area contributed by atoms with Crippen molar-refractivity contribution in [3.05, 3.63) is 83.1 Å². The second-order valence-corrected chi connectivity index (χ2v) is 8.29. The third-order valence-corrected chi connectivity index (χ3v) is 4.86. The second-order valence-electron chi connectivity index (χ2n) is 8.29. The minimum atomic E-state index is -0.891. The molecule has 0 spiro atoms. The minimum absolute atomic E-state index is 0.169. The number of hydrogen-bond acceptors (Lipinski definition) is 1. The zero-order chi connectivity index (χ0) is 19.6. The van der Waals surface area contributed by atoms with Gasteiger partial charge in [0.05, 0.1) is 0 Å². The summed E-state index contributed by atoms with van der Waals surface area (Å²) in [5.41, 5.74) is 5.97. The fourth-order valence-electron chi connectivity index (χ4n) is 3.39. The lowest BCUT2D eigenvalue weighted by molar-refractivity contribution is -0.131. The van der Waals surface area contributed by atoms with Crippen LogP contribution >= 0.6 is 0 Å². The van der Waals surface area contributed by atoms with Crippen LogP contribution < -0.4 is 0 Å². The van der Waals surface area contributed by atoms with Crippen molar-refractivity contribution in [1.82, 2.24) is 4.57 Å². The molecule has 0 radical (unpaired) electrons. The number of benzene rings is 2. The predicted octanol–water partition coefficient (Wildman–Crippen LogP) is 5.56. The van der Waals surface area contributed by atoms with Crippen LogP contribution in [0.4, 0.5) is 0 Å². The van der Waals surface area contributed by atoms with E-state index in [0.29, 0.717) is 6.42 Å². The monoisotopic (exact) mass is 361 g/mol. The molecule has 0 unspecified atom stereocenters. The first-order valence-corrected chi connectivity index (χ1v) is 9.30. The number of hydrogen-bond donors (Lipinski definition) is 1. The summed E-state index contributed by atoms with van der Waals surface area (Å²) in [4.78, 5) is 10.8. The van der Waals surface area contributed by atoms with Crippen LogP contribution in [0.2, 0.25) is 0 Å². The van der Waals surface area contributed by atoms with E-state index in [2.05, 4.69) is 80.1 Å². The molecule has 0 saturated heterocycles. The number of aliphatic carboxylic acids is 1. The van der Waals surface area contributed by atoms with Gasteiger partial charge in [-0.3, -0.25) is 0 Å². The zero-order valence-corrected chi connectivity index (χ0v) is 16.5. The fourth-order valence-corrected chi connectivity index (χ4v) is 3.39. The van der Waals surface area contributed by atoms with Crippen molar-refractivity contribution < 1.29 is 9.90 Å². The topological polar surface area (TPSA) is 42.2 Å². The molecule has 1 heterocycles. The van der Waals surface area contributed by atoms with Crippen LogP contribution in [0.25, 0.3) is 10.9 Å². The van der Waals surface area contributed by atoms with Gasteiger partial charge in [-0.2, -0.15) is 0 Å². The van der Waals surface area contributed by atoms with Crippen LogP contribution in [0, 0.1) is 0 Å². The van der Waals surface area contributed by atoms with Gasteiger partial charge in [-0.25, -0.2) is 4.79 Å². The third kappa shape index (κ3) is 4.68. The summed E-state index contributed by atoms with van der Waals surface area (Å²) in [5.74, 6) is -0.891. The van der Waals surface area contributed by atoms with E-state index in [1.54, 1.807) is 0 Å². The smallest absolute Gasteiger partial charge is 0.328 e. The van der Waals surface area contributed by atoms with Crippen LogP contribution in [-0.4, -0.2) is 15.6 Å². The highest BCUT2D eigenvalue weighted by Gasteiger charge is 2.13. The average Bonchev–Trinajstić information content (AvgIpc) is 2.96. The van der Waals surface area contributed by atoms with E-state index in [0.717, 1.165) is 17.7 Å². The van der Waals surface area contributed by atoms with Crippen molar-refractivity contribution in [2.24, 2.45) is 0 Å². The number of aromatic nitrogens is 1. The molecule has 140 valence electrons. The highest BCUT2D eigenvalue weighted by Crippen LogP contribution is 2.24. The number of carboxylic acid groups (broad SMARTS) is 1. The molecule has 0 bridgehead atoms. The maximum atomic E-state index is 10.8. The Balaban J connectivity index is 1.79. The lowest BCUT2D eigenvalue weighted by Gasteiger charge is -2.19. The molecule has 3 rings (SSSR count). The molecule has 3 nitrogen and oxygen atoms in total. The number of carbonyl (C=O) groups is 1. The van der Waals surface area contributed by atoms with Crippen molar-refractivity contribution in [3.8, 4) is 0 Å². The van der Waals surface area contributed by atoms with Gasteiger partial charge in [0.25, 0.3) is 0 Å². The molecule has 1 aromatic heterocycles. The van der Waals surface area contributed by atoms with E-state index >= 15 is 0 Å². The van der Waals surface area contributed by atoms with E-state index in [4.69, 9.17) is 5.11 Å². The van der Waals surface area contributed by atoms with Crippen LogP contribution in [0.5, 0.6) is 0 Å². The molecular weight excluding hydrogens is 334 g/mol. The molecule has 0 atom stereocenters. The highest BCUT2D eigenvalue weighted by molar-refractivity contribution is 5.82. The predicted molar refractivity (Wildman–Crippen MR) is 111 cm³/mol. The Morgan fingerprint density at radius 3 is 2.33 bits per heavy atom. The van der Waals surface area contributed by atoms with Crippen LogP contribution in [-0.2, 0) is 23.2 Å². The summed E-state index contributed by atoms with van der Waals surface area (Å²) in [5, 5.41) is 10.0. The highest BCUT2D eigenvalue weighted by atomic mass is 16.4. The Labute approximate surface area is 161 Å². The number of allylic oxidation sites excluding steroid dienone is 1. The summed E-state index contributed by atoms with van der Waals surface area (Å²) in [6, 6.07) is 17.3. The molecule has 0 aliphatic rings. The first kappa shape index (κ1) is 19.0. The van der Waals surface area contributed by atoms with Gasteiger partial charge in [0, 0.05) is 24.3 Å². The quantitative estimate of drug-likeness (QED) is 0.605. The van der Waals surface area contributed by atoms with Gasteiger partial charge in [0.2, 0.25) is 0 Å². The summed E-state index contributed by atoms with van der Waals surface area (Å²) in [6.45, 7) is 9.38. The molecule has 0 aliphatic heterocycles. The normalized spacial score (nSPS) is 12.5. The second kappa shape index (κ2) is 7.43. The zero-order valence-electron chi connectivity index (χ0n) is 16.5. The molecule has 0 aliphatic carbocycles. The number of rotatable bonds is 5. The van der Waals surface area contributed by atoms with Crippen molar-refractivity contribution in [2.75, 3.05) is 0 Å². The molecule has 0 amide bonds. The minimum Gasteiger partial charge on any atom is -0.478 e. The lowest BCUT2D eigenvalue weighted by atomic mass is 9.87. The molecule has 0 fully saturated rings. The van der Waals surface area contributed by atoms with Crippen LogP contribution in [0.3, 0.4) is 0 Å². The first-order chi connectivity index (χ1) is 12.7. The van der Waals surface area contributed by atoms with E-state index in [1.807, 2.05) is 6.92 Å². The number of carboxylic acids is 1. The Hall–Kier alpha value is -2.81. The summed E-state index contributed by atoms with van der Waals surface area (Å²) >= 11 is 0. The SMILES string of the molecule is CC(=CC(=O)O)Cc1ccc2c(ccn2Cc2ccc(C(C)(C)C)cc2)c1. The summed E-state index contributed by atoms with van der Waals surface area (Å²) < 4.78 is 2.26. The first-order valence-electron chi connectivity index (χ1n) is 9.30. The number of fused-ring (bicyclic) bond motifs is 1. The van der Waals surface area contributed by atoms with Gasteiger partial charge >= 0.3 is 5.97 Å². The van der Waals surface area contributed by atoms with E-state index in [-0.39, 0.29) is 5.41 Å². The van der Waals surface area contributed by atoms with Crippen LogP contribution in [0.1, 0.15) is 44.4 Å². The summed E-state index contributed by atoms with van der Waals surface area (Å²) in [7, 11) is 0. The van der Waals surface area contributed by atoms with Gasteiger partial charge < -0.3 is 9.67 Å². The molecule has 27 heavy (non-hydrogen) atoms. The summed E-state index contributed by atoms with van der Waals surface area (Å²) in [6.07, 6.45) is 4.05. The van der Waals surface area contributed by atoms with Gasteiger partial charge in [-0.1, -0.05) is 56.7 Å².